The molecular formula is C23H28N2O3S. The molecule has 1 amide bonds. The van der Waals surface area contributed by atoms with Crippen LogP contribution in [0.1, 0.15) is 46.2 Å². The first-order chi connectivity index (χ1) is 13.7. The van der Waals surface area contributed by atoms with Crippen molar-refractivity contribution in [3.63, 3.8) is 0 Å². The number of nitrogens with one attached hydrogen (secondary N) is 1. The lowest BCUT2D eigenvalue weighted by atomic mass is 9.99. The largest absolute Gasteiger partial charge is 0.338 e. The number of carbonyl (C=O) groups excluding carboxylic acids is 1. The molecule has 0 radical (unpaired) electrons. The highest BCUT2D eigenvalue weighted by Gasteiger charge is 2.34. The minimum atomic E-state index is -3.71. The third-order valence-corrected chi connectivity index (χ3v) is 7.93. The Morgan fingerprint density at radius 2 is 1.66 bits per heavy atom. The Morgan fingerprint density at radius 3 is 2.28 bits per heavy atom. The molecule has 1 saturated carbocycles. The zero-order chi connectivity index (χ0) is 20.9. The summed E-state index contributed by atoms with van der Waals surface area (Å²) in [6.45, 7) is 8.88. The van der Waals surface area contributed by atoms with E-state index in [0.717, 1.165) is 53.6 Å². The van der Waals surface area contributed by atoms with Gasteiger partial charge in [0, 0.05) is 24.7 Å². The molecule has 1 heterocycles. The van der Waals surface area contributed by atoms with Gasteiger partial charge in [-0.1, -0.05) is 12.1 Å². The van der Waals surface area contributed by atoms with Gasteiger partial charge in [-0.05, 0) is 92.5 Å². The number of hydrogen-bond acceptors (Lipinski definition) is 3. The van der Waals surface area contributed by atoms with Gasteiger partial charge < -0.3 is 4.90 Å². The van der Waals surface area contributed by atoms with Gasteiger partial charge in [-0.25, -0.2) is 8.42 Å². The van der Waals surface area contributed by atoms with E-state index in [1.54, 1.807) is 0 Å². The molecule has 2 aliphatic rings. The summed E-state index contributed by atoms with van der Waals surface area (Å²) in [4.78, 5) is 14.7. The fourth-order valence-electron chi connectivity index (χ4n) is 4.19. The molecule has 1 fully saturated rings. The van der Waals surface area contributed by atoms with Crippen molar-refractivity contribution >= 4 is 21.6 Å². The van der Waals surface area contributed by atoms with Gasteiger partial charge in [-0.3, -0.25) is 9.52 Å². The Kier molecular flexibility index (Phi) is 4.93. The van der Waals surface area contributed by atoms with Crippen LogP contribution in [0.5, 0.6) is 0 Å². The molecule has 2 aromatic rings. The van der Waals surface area contributed by atoms with Crippen molar-refractivity contribution in [1.29, 1.82) is 0 Å². The van der Waals surface area contributed by atoms with E-state index in [0.29, 0.717) is 17.1 Å². The highest BCUT2D eigenvalue weighted by molar-refractivity contribution is 7.92. The first-order valence-corrected chi connectivity index (χ1v) is 11.7. The van der Waals surface area contributed by atoms with Crippen LogP contribution in [0.15, 0.2) is 29.2 Å². The highest BCUT2D eigenvalue weighted by Crippen LogP contribution is 2.34. The Hall–Kier alpha value is -2.34. The van der Waals surface area contributed by atoms with E-state index in [-0.39, 0.29) is 11.8 Å². The average Bonchev–Trinajstić information content (AvgIpc) is 3.50. The van der Waals surface area contributed by atoms with Gasteiger partial charge in [0.1, 0.15) is 0 Å². The fraction of sp³-hybridized carbons (Fsp3) is 0.435. The first-order valence-electron chi connectivity index (χ1n) is 10.2. The van der Waals surface area contributed by atoms with Gasteiger partial charge in [-0.15, -0.1) is 0 Å². The molecule has 5 nitrogen and oxygen atoms in total. The number of amides is 1. The molecule has 1 N–H and O–H groups in total. The van der Waals surface area contributed by atoms with Crippen molar-refractivity contribution in [3.8, 4) is 0 Å². The van der Waals surface area contributed by atoms with Crippen LogP contribution in [0.2, 0.25) is 0 Å². The quantitative estimate of drug-likeness (QED) is 0.825. The summed E-state index contributed by atoms with van der Waals surface area (Å²) in [5.41, 5.74) is 6.24. The van der Waals surface area contributed by atoms with Crippen LogP contribution < -0.4 is 4.72 Å². The predicted molar refractivity (Wildman–Crippen MR) is 114 cm³/mol. The van der Waals surface area contributed by atoms with Gasteiger partial charge in [0.15, 0.2) is 0 Å². The Morgan fingerprint density at radius 1 is 1.00 bits per heavy atom. The number of sulfonamides is 1. The van der Waals surface area contributed by atoms with Gasteiger partial charge in [0.2, 0.25) is 5.91 Å². The van der Waals surface area contributed by atoms with E-state index in [2.05, 4.69) is 4.72 Å². The minimum absolute atomic E-state index is 0.203. The van der Waals surface area contributed by atoms with Gasteiger partial charge >= 0.3 is 0 Å². The number of rotatable bonds is 4. The van der Waals surface area contributed by atoms with Crippen LogP contribution in [-0.2, 0) is 27.8 Å². The average molecular weight is 413 g/mol. The summed E-state index contributed by atoms with van der Waals surface area (Å²) in [6, 6.07) is 7.70. The number of nitrogens with zero attached hydrogens (tertiary/aromatic N) is 1. The monoisotopic (exact) mass is 412 g/mol. The third kappa shape index (κ3) is 3.78. The summed E-state index contributed by atoms with van der Waals surface area (Å²) in [5.74, 6) is 0.442. The first kappa shape index (κ1) is 20.0. The van der Waals surface area contributed by atoms with Crippen LogP contribution in [0.3, 0.4) is 0 Å². The number of anilines is 1. The lowest BCUT2D eigenvalue weighted by Gasteiger charge is -2.29. The second kappa shape index (κ2) is 7.17. The number of hydrogen-bond donors (Lipinski definition) is 1. The summed E-state index contributed by atoms with van der Waals surface area (Å²) in [5, 5.41) is 0. The van der Waals surface area contributed by atoms with Crippen LogP contribution in [-0.4, -0.2) is 25.8 Å². The molecule has 0 spiro atoms. The number of benzene rings is 2. The maximum atomic E-state index is 13.2. The van der Waals surface area contributed by atoms with Gasteiger partial charge in [-0.2, -0.15) is 0 Å². The van der Waals surface area contributed by atoms with E-state index < -0.39 is 10.0 Å². The lowest BCUT2D eigenvalue weighted by Crippen LogP contribution is -2.36. The molecular weight excluding hydrogens is 384 g/mol. The van der Waals surface area contributed by atoms with Crippen LogP contribution in [0.25, 0.3) is 0 Å². The maximum Gasteiger partial charge on any atom is 0.262 e. The summed E-state index contributed by atoms with van der Waals surface area (Å²) < 4.78 is 29.2. The molecule has 0 saturated heterocycles. The number of carbonyl (C=O) groups is 1. The van der Waals surface area contributed by atoms with E-state index in [1.807, 2.05) is 56.9 Å². The Bertz CT molecular complexity index is 1080. The van der Waals surface area contributed by atoms with Crippen LogP contribution >= 0.6 is 0 Å². The molecule has 4 rings (SSSR count). The van der Waals surface area contributed by atoms with Crippen molar-refractivity contribution in [2.24, 2.45) is 5.92 Å². The van der Waals surface area contributed by atoms with Crippen LogP contribution in [0.4, 0.5) is 5.69 Å². The smallest absolute Gasteiger partial charge is 0.262 e. The SMILES string of the molecule is Cc1cc(C)c(C)c(S(=O)(=O)Nc2ccc3c(c2)CN(C(=O)C2CC2)CC3)c1C. The van der Waals surface area contributed by atoms with E-state index >= 15 is 0 Å². The second-order valence-electron chi connectivity index (χ2n) is 8.46. The Labute approximate surface area is 173 Å². The summed E-state index contributed by atoms with van der Waals surface area (Å²) in [7, 11) is -3.71. The van der Waals surface area contributed by atoms with E-state index in [4.69, 9.17) is 0 Å². The van der Waals surface area contributed by atoms with E-state index in [1.165, 1.54) is 5.56 Å². The number of fused-ring (bicyclic) bond motifs is 1. The molecule has 0 atom stereocenters. The summed E-state index contributed by atoms with van der Waals surface area (Å²) >= 11 is 0. The third-order valence-electron chi connectivity index (χ3n) is 6.27. The maximum absolute atomic E-state index is 13.2. The molecule has 154 valence electrons. The normalized spacial score (nSPS) is 16.5. The standard InChI is InChI=1S/C23H28N2O3S/c1-14-11-15(2)17(4)22(16(14)3)29(27,28)24-21-8-7-18-9-10-25(13-20(18)12-21)23(26)19-5-6-19/h7-8,11-12,19,24H,5-6,9-10,13H2,1-4H3. The second-order valence-corrected chi connectivity index (χ2v) is 10.1. The molecule has 1 aliphatic carbocycles. The highest BCUT2D eigenvalue weighted by atomic mass is 32.2. The molecule has 1 aliphatic heterocycles. The molecule has 29 heavy (non-hydrogen) atoms. The molecule has 2 aromatic carbocycles. The summed E-state index contributed by atoms with van der Waals surface area (Å²) in [6.07, 6.45) is 2.81. The van der Waals surface area contributed by atoms with E-state index in [9.17, 15) is 13.2 Å². The topological polar surface area (TPSA) is 66.5 Å². The zero-order valence-electron chi connectivity index (χ0n) is 17.5. The fourth-order valence-corrected chi connectivity index (χ4v) is 5.85. The van der Waals surface area contributed by atoms with Crippen molar-refractivity contribution < 1.29 is 13.2 Å². The Balaban J connectivity index is 1.62. The van der Waals surface area contributed by atoms with Crippen molar-refractivity contribution in [2.75, 3.05) is 11.3 Å². The molecule has 6 heteroatoms. The lowest BCUT2D eigenvalue weighted by molar-refractivity contribution is -0.133. The molecule has 0 bridgehead atoms. The van der Waals surface area contributed by atoms with Crippen molar-refractivity contribution in [1.82, 2.24) is 4.90 Å². The zero-order valence-corrected chi connectivity index (χ0v) is 18.3. The minimum Gasteiger partial charge on any atom is -0.338 e. The van der Waals surface area contributed by atoms with Gasteiger partial charge in [0.25, 0.3) is 10.0 Å². The number of aryl methyl sites for hydroxylation is 2. The molecule has 0 unspecified atom stereocenters. The predicted octanol–water partition coefficient (Wildman–Crippen LogP) is 4.02. The van der Waals surface area contributed by atoms with Crippen molar-refractivity contribution in [2.45, 2.75) is 58.4 Å². The van der Waals surface area contributed by atoms with Crippen molar-refractivity contribution in [3.05, 3.63) is 57.6 Å². The molecule has 0 aromatic heterocycles. The van der Waals surface area contributed by atoms with Gasteiger partial charge in [0.05, 0.1) is 4.90 Å². The van der Waals surface area contributed by atoms with Crippen LogP contribution in [0, 0.1) is 33.6 Å².